The molecule has 1 fully saturated rings. The Kier molecular flexibility index (Phi) is 9.81. The second kappa shape index (κ2) is 13.1. The molecule has 1 unspecified atom stereocenters. The number of ether oxygens (including phenoxy) is 3. The average Bonchev–Trinajstić information content (AvgIpc) is 2.84. The lowest BCUT2D eigenvalue weighted by atomic mass is 10.0. The molecule has 3 rings (SSSR count). The second-order valence-electron chi connectivity index (χ2n) is 7.72. The van der Waals surface area contributed by atoms with E-state index in [1.807, 2.05) is 24.3 Å². The third-order valence-electron chi connectivity index (χ3n) is 5.62. The fourth-order valence-corrected chi connectivity index (χ4v) is 3.88. The number of nitrogens with one attached hydrogen (secondary N) is 2. The zero-order valence-electron chi connectivity index (χ0n) is 19.5. The Morgan fingerprint density at radius 1 is 1.03 bits per heavy atom. The molecular formula is C25H36N4O3. The van der Waals surface area contributed by atoms with Gasteiger partial charge in [0.15, 0.2) is 5.96 Å². The minimum atomic E-state index is 0.217. The minimum Gasteiger partial charge on any atom is -0.497 e. The molecule has 32 heavy (non-hydrogen) atoms. The first-order chi connectivity index (χ1) is 15.7. The van der Waals surface area contributed by atoms with Gasteiger partial charge in [-0.15, -0.1) is 0 Å². The summed E-state index contributed by atoms with van der Waals surface area (Å²) in [7, 11) is 3.41. The monoisotopic (exact) mass is 440 g/mol. The van der Waals surface area contributed by atoms with Crippen molar-refractivity contribution in [2.45, 2.75) is 26.1 Å². The number of nitrogens with zero attached hydrogens (tertiary/aromatic N) is 2. The fraction of sp³-hybridized carbons (Fsp3) is 0.480. The van der Waals surface area contributed by atoms with E-state index in [0.717, 1.165) is 51.1 Å². The number of hydrogen-bond donors (Lipinski definition) is 2. The van der Waals surface area contributed by atoms with Crippen molar-refractivity contribution in [3.8, 4) is 5.75 Å². The number of morpholine rings is 1. The first-order valence-electron chi connectivity index (χ1n) is 11.3. The number of hydrogen-bond acceptors (Lipinski definition) is 5. The van der Waals surface area contributed by atoms with Crippen molar-refractivity contribution >= 4 is 5.96 Å². The first kappa shape index (κ1) is 24.0. The van der Waals surface area contributed by atoms with Crippen molar-refractivity contribution in [3.63, 3.8) is 0 Å². The lowest BCUT2D eigenvalue weighted by Crippen LogP contribution is -2.46. The summed E-state index contributed by atoms with van der Waals surface area (Å²) in [6.45, 7) is 8.17. The van der Waals surface area contributed by atoms with E-state index in [-0.39, 0.29) is 6.04 Å². The molecule has 174 valence electrons. The third-order valence-corrected chi connectivity index (χ3v) is 5.62. The van der Waals surface area contributed by atoms with Gasteiger partial charge in [-0.2, -0.15) is 0 Å². The lowest BCUT2D eigenvalue weighted by Gasteiger charge is -2.35. The Morgan fingerprint density at radius 2 is 1.75 bits per heavy atom. The smallest absolute Gasteiger partial charge is 0.191 e. The highest BCUT2D eigenvalue weighted by Gasteiger charge is 2.23. The van der Waals surface area contributed by atoms with Gasteiger partial charge in [-0.25, -0.2) is 4.99 Å². The van der Waals surface area contributed by atoms with Crippen LogP contribution in [0.15, 0.2) is 53.5 Å². The molecular weight excluding hydrogens is 404 g/mol. The van der Waals surface area contributed by atoms with Crippen molar-refractivity contribution in [1.82, 2.24) is 15.5 Å². The number of benzene rings is 2. The Bertz CT molecular complexity index is 835. The van der Waals surface area contributed by atoms with Crippen LogP contribution < -0.4 is 15.4 Å². The van der Waals surface area contributed by atoms with Gasteiger partial charge in [-0.05, 0) is 35.7 Å². The maximum atomic E-state index is 5.58. The topological polar surface area (TPSA) is 67.4 Å². The Balaban J connectivity index is 1.72. The molecule has 0 radical (unpaired) electrons. The van der Waals surface area contributed by atoms with E-state index < -0.39 is 0 Å². The quantitative estimate of drug-likeness (QED) is 0.437. The van der Waals surface area contributed by atoms with Crippen LogP contribution in [0.5, 0.6) is 5.75 Å². The highest BCUT2D eigenvalue weighted by atomic mass is 16.5. The van der Waals surface area contributed by atoms with Crippen LogP contribution in [0.1, 0.15) is 29.7 Å². The van der Waals surface area contributed by atoms with Crippen molar-refractivity contribution in [1.29, 1.82) is 0 Å². The van der Waals surface area contributed by atoms with Crippen molar-refractivity contribution in [2.75, 3.05) is 53.6 Å². The van der Waals surface area contributed by atoms with E-state index in [1.165, 1.54) is 16.7 Å². The molecule has 0 aromatic heterocycles. The van der Waals surface area contributed by atoms with E-state index in [2.05, 4.69) is 46.7 Å². The molecule has 2 N–H and O–H groups in total. The van der Waals surface area contributed by atoms with Gasteiger partial charge >= 0.3 is 0 Å². The van der Waals surface area contributed by atoms with Gasteiger partial charge in [-0.3, -0.25) is 4.90 Å². The highest BCUT2D eigenvalue weighted by Crippen LogP contribution is 2.23. The molecule has 0 aliphatic carbocycles. The minimum absolute atomic E-state index is 0.217. The van der Waals surface area contributed by atoms with Gasteiger partial charge in [-0.1, -0.05) is 36.4 Å². The summed E-state index contributed by atoms with van der Waals surface area (Å²) in [6.07, 6.45) is 0. The van der Waals surface area contributed by atoms with Gasteiger partial charge in [0.2, 0.25) is 0 Å². The number of methoxy groups -OCH3 is 2. The third kappa shape index (κ3) is 6.95. The summed E-state index contributed by atoms with van der Waals surface area (Å²) in [5.41, 5.74) is 3.59. The molecule has 1 aliphatic heterocycles. The molecule has 1 atom stereocenters. The molecule has 1 heterocycles. The van der Waals surface area contributed by atoms with E-state index in [1.54, 1.807) is 14.2 Å². The van der Waals surface area contributed by atoms with Gasteiger partial charge < -0.3 is 24.8 Å². The number of rotatable bonds is 10. The number of aliphatic imine (C=N–C) groups is 1. The molecule has 1 aliphatic rings. The lowest BCUT2D eigenvalue weighted by molar-refractivity contribution is 0.0170. The van der Waals surface area contributed by atoms with Crippen LogP contribution in [-0.4, -0.2) is 64.5 Å². The molecule has 0 bridgehead atoms. The van der Waals surface area contributed by atoms with Crippen LogP contribution in [0.3, 0.4) is 0 Å². The highest BCUT2D eigenvalue weighted by molar-refractivity contribution is 5.79. The molecule has 7 nitrogen and oxygen atoms in total. The van der Waals surface area contributed by atoms with E-state index in [4.69, 9.17) is 19.2 Å². The Morgan fingerprint density at radius 3 is 2.41 bits per heavy atom. The van der Waals surface area contributed by atoms with Crippen molar-refractivity contribution < 1.29 is 14.2 Å². The van der Waals surface area contributed by atoms with E-state index in [0.29, 0.717) is 13.2 Å². The molecule has 0 saturated carbocycles. The van der Waals surface area contributed by atoms with Crippen LogP contribution in [0.25, 0.3) is 0 Å². The van der Waals surface area contributed by atoms with E-state index in [9.17, 15) is 0 Å². The van der Waals surface area contributed by atoms with Crippen LogP contribution in [0.2, 0.25) is 0 Å². The predicted molar refractivity (Wildman–Crippen MR) is 128 cm³/mol. The van der Waals surface area contributed by atoms with Gasteiger partial charge in [0.1, 0.15) is 5.75 Å². The predicted octanol–water partition coefficient (Wildman–Crippen LogP) is 2.97. The summed E-state index contributed by atoms with van der Waals surface area (Å²) in [5, 5.41) is 6.94. The Labute approximate surface area is 191 Å². The van der Waals surface area contributed by atoms with Crippen molar-refractivity contribution in [2.24, 2.45) is 4.99 Å². The van der Waals surface area contributed by atoms with Gasteiger partial charge in [0.05, 0.1) is 39.5 Å². The largest absolute Gasteiger partial charge is 0.497 e. The molecule has 2 aromatic carbocycles. The van der Waals surface area contributed by atoms with Crippen LogP contribution in [0, 0.1) is 0 Å². The molecule has 0 amide bonds. The van der Waals surface area contributed by atoms with Crippen LogP contribution >= 0.6 is 0 Å². The summed E-state index contributed by atoms with van der Waals surface area (Å²) >= 11 is 0. The first-order valence-corrected chi connectivity index (χ1v) is 11.3. The standard InChI is InChI=1S/C25H36N4O3/c1-4-26-25(27-17-21-7-5-6-8-22(21)19-30-2)28-18-24(29-13-15-32-16-14-29)20-9-11-23(31-3)12-10-20/h5-12,24H,4,13-19H2,1-3H3,(H2,26,27,28). The van der Waals surface area contributed by atoms with Crippen LogP contribution in [0.4, 0.5) is 0 Å². The normalized spacial score (nSPS) is 15.9. The van der Waals surface area contributed by atoms with Gasteiger partial charge in [0, 0.05) is 33.3 Å². The summed E-state index contributed by atoms with van der Waals surface area (Å²) in [5.74, 6) is 1.68. The van der Waals surface area contributed by atoms with E-state index >= 15 is 0 Å². The molecule has 2 aromatic rings. The maximum Gasteiger partial charge on any atom is 0.191 e. The summed E-state index contributed by atoms with van der Waals surface area (Å²) < 4.78 is 16.2. The maximum absolute atomic E-state index is 5.58. The summed E-state index contributed by atoms with van der Waals surface area (Å²) in [6, 6.07) is 16.8. The zero-order chi connectivity index (χ0) is 22.6. The average molecular weight is 441 g/mol. The number of guanidine groups is 1. The summed E-state index contributed by atoms with van der Waals surface area (Å²) in [4.78, 5) is 7.31. The molecule has 1 saturated heterocycles. The second-order valence-corrected chi connectivity index (χ2v) is 7.72. The zero-order valence-corrected chi connectivity index (χ0v) is 19.5. The Hall–Kier alpha value is -2.61. The molecule has 7 heteroatoms. The van der Waals surface area contributed by atoms with Crippen LogP contribution in [-0.2, 0) is 22.6 Å². The van der Waals surface area contributed by atoms with Gasteiger partial charge in [0.25, 0.3) is 0 Å². The van der Waals surface area contributed by atoms with Crippen molar-refractivity contribution in [3.05, 3.63) is 65.2 Å². The molecule has 0 spiro atoms. The fourth-order valence-electron chi connectivity index (χ4n) is 3.88. The SMILES string of the molecule is CCNC(=NCc1ccccc1COC)NCC(c1ccc(OC)cc1)N1CCOCC1.